The fourth-order valence-electron chi connectivity index (χ4n) is 13.4. The van der Waals surface area contributed by atoms with Gasteiger partial charge in [0.25, 0.3) is 11.8 Å². The molecule has 2 aromatic carbocycles. The summed E-state index contributed by atoms with van der Waals surface area (Å²) in [5.74, 6) is -6.80. The van der Waals surface area contributed by atoms with E-state index in [-0.39, 0.29) is 140 Å². The minimum atomic E-state index is -0.977. The molecule has 0 saturated carbocycles. The first-order valence-corrected chi connectivity index (χ1v) is 35.3. The number of anilines is 1. The minimum Gasteiger partial charge on any atom is -0.445 e. The van der Waals surface area contributed by atoms with Crippen molar-refractivity contribution in [3.05, 3.63) is 77.9 Å². The number of carbonyl (C=O) groups is 12. The number of likely N-dealkylation sites (N-methyl/N-ethyl adjacent to an activating group) is 2. The van der Waals surface area contributed by atoms with Gasteiger partial charge < -0.3 is 55.9 Å². The fourth-order valence-corrected chi connectivity index (χ4v) is 13.4. The second-order valence-corrected chi connectivity index (χ2v) is 29.2. The number of Topliss-reactive ketones (excluding diaryl/α,β-unsaturated/α-hetero) is 3. The van der Waals surface area contributed by atoms with E-state index >= 15 is 0 Å². The van der Waals surface area contributed by atoms with Crippen molar-refractivity contribution in [2.75, 3.05) is 53.3 Å². The molecular weight excluding hydrogens is 1270 g/mol. The molecule has 6 N–H and O–H groups in total. The monoisotopic (exact) mass is 1380 g/mol. The van der Waals surface area contributed by atoms with Gasteiger partial charge in [0, 0.05) is 103 Å². The van der Waals surface area contributed by atoms with Crippen LogP contribution in [0.15, 0.2) is 66.7 Å². The zero-order chi connectivity index (χ0) is 74.0. The van der Waals surface area contributed by atoms with Crippen LogP contribution >= 0.6 is 0 Å². The molecule has 24 heteroatoms. The molecule has 11 atom stereocenters. The largest absolute Gasteiger partial charge is 0.445 e. The maximum atomic E-state index is 15.0. The number of unbranched alkanes of at least 4 members (excludes halogenated alkanes) is 2. The highest BCUT2D eigenvalue weighted by atomic mass is 16.6. The lowest BCUT2D eigenvalue weighted by Gasteiger charge is -2.41. The van der Waals surface area contributed by atoms with Gasteiger partial charge in [0.1, 0.15) is 6.61 Å². The third kappa shape index (κ3) is 26.0. The van der Waals surface area contributed by atoms with Gasteiger partial charge in [-0.05, 0) is 97.3 Å². The van der Waals surface area contributed by atoms with Crippen LogP contribution in [0.4, 0.5) is 15.3 Å². The van der Waals surface area contributed by atoms with E-state index < -0.39 is 78.2 Å². The maximum absolute atomic E-state index is 15.0. The van der Waals surface area contributed by atoms with Gasteiger partial charge in [0.05, 0.1) is 54.8 Å². The number of hydrogen-bond donors (Lipinski definition) is 5. The Hall–Kier alpha value is -7.86. The number of primary amides is 1. The lowest BCUT2D eigenvalue weighted by Crippen LogP contribution is -2.55. The first-order chi connectivity index (χ1) is 46.6. The zero-order valence-electron chi connectivity index (χ0n) is 61.7. The Morgan fingerprint density at radius 3 is 1.92 bits per heavy atom. The molecule has 0 bridgehead atoms. The van der Waals surface area contributed by atoms with Gasteiger partial charge >= 0.3 is 12.1 Å². The normalized spacial score (nSPS) is 17.0. The topological polar surface area (TPSA) is 320 Å². The lowest BCUT2D eigenvalue weighted by atomic mass is 9.83. The SMILES string of the molecule is CC[C@H](C)[C@@H](C(CC(=O)N1CCC[C@H]1[C@H](OC)[C@@H](C)C(=O)N[C@@H](Cc1ccccc1)C(=O)CC(C)(C)C)OC)N(C)C(=O)[C@@H](CC(=O)[C@H](C(C)C)N(C)C(=O)OCc1ccc(NC(=O)[C@H](CCCNC(N)=O)CC(=O)[C@@H](NC(=O)CCCCCN2C(=O)C=CC2=O)C(C)C)cc1)C(C)C. The molecule has 1 saturated heterocycles. The summed E-state index contributed by atoms with van der Waals surface area (Å²) in [4.78, 5) is 168. The van der Waals surface area contributed by atoms with Gasteiger partial charge in [0.15, 0.2) is 17.3 Å². The number of methoxy groups -OCH3 is 2. The van der Waals surface area contributed by atoms with E-state index in [1.54, 1.807) is 61.9 Å². The summed E-state index contributed by atoms with van der Waals surface area (Å²) in [6, 6.07) is 11.6. The number of hydrogen-bond acceptors (Lipinski definition) is 15. The summed E-state index contributed by atoms with van der Waals surface area (Å²) in [7, 11) is 6.20. The van der Waals surface area contributed by atoms with Gasteiger partial charge in [-0.2, -0.15) is 0 Å². The van der Waals surface area contributed by atoms with Crippen molar-refractivity contribution < 1.29 is 71.7 Å². The summed E-state index contributed by atoms with van der Waals surface area (Å²) in [5, 5.41) is 11.2. The Morgan fingerprint density at radius 1 is 0.707 bits per heavy atom. The quantitative estimate of drug-likeness (QED) is 0.0306. The molecule has 2 aliphatic rings. The van der Waals surface area contributed by atoms with Crippen molar-refractivity contribution in [1.82, 2.24) is 35.6 Å². The Bertz CT molecular complexity index is 3060. The Morgan fingerprint density at radius 2 is 1.35 bits per heavy atom. The number of nitrogens with one attached hydrogen (secondary N) is 4. The van der Waals surface area contributed by atoms with Crippen LogP contribution in [0.2, 0.25) is 0 Å². The van der Waals surface area contributed by atoms with E-state index in [0.717, 1.165) is 10.5 Å². The molecule has 10 amide bonds. The van der Waals surface area contributed by atoms with Gasteiger partial charge in [-0.1, -0.05) is 138 Å². The molecule has 2 aliphatic heterocycles. The molecule has 1 unspecified atom stereocenters. The van der Waals surface area contributed by atoms with E-state index in [2.05, 4.69) is 21.3 Å². The van der Waals surface area contributed by atoms with Crippen molar-refractivity contribution in [2.24, 2.45) is 52.6 Å². The van der Waals surface area contributed by atoms with Crippen molar-refractivity contribution in [3.8, 4) is 0 Å². The smallest absolute Gasteiger partial charge is 0.410 e. The number of nitrogens with zero attached hydrogens (tertiary/aromatic N) is 4. The molecule has 2 heterocycles. The number of rotatable bonds is 42. The highest BCUT2D eigenvalue weighted by Crippen LogP contribution is 2.32. The number of nitrogens with two attached hydrogens (primary N) is 1. The molecule has 0 aromatic heterocycles. The third-order valence-electron chi connectivity index (χ3n) is 19.1. The van der Waals surface area contributed by atoms with Crippen LogP contribution in [-0.4, -0.2) is 181 Å². The Balaban J connectivity index is 1.39. The van der Waals surface area contributed by atoms with E-state index in [9.17, 15) is 57.5 Å². The molecule has 0 spiro atoms. The van der Waals surface area contributed by atoms with Crippen LogP contribution in [0.1, 0.15) is 178 Å². The predicted octanol–water partition coefficient (Wildman–Crippen LogP) is 8.75. The minimum absolute atomic E-state index is 0.0719. The van der Waals surface area contributed by atoms with Gasteiger partial charge in [0.2, 0.25) is 29.5 Å². The van der Waals surface area contributed by atoms with Crippen LogP contribution < -0.4 is 27.0 Å². The van der Waals surface area contributed by atoms with Crippen LogP contribution in [0.25, 0.3) is 0 Å². The standard InChI is InChI=1S/C75H115N9O15/c1-17-49(8)68(61(97-15)43-65(91)83-39-25-29-57(83)69(98-16)50(9)70(92)79-56(60(87)44-75(10,11)12)40-51-26-20-18-21-27-51)81(13)72(94)55(46(2)3)42-59(86)67(48(6)7)82(14)74(96)99-45-52-31-33-54(34-32-52)78-71(93)53(28-24-37-77-73(76)95)41-58(85)66(47(4)5)80-62(88)30-22-19-23-38-84-63(89)35-36-64(84)90/h18,20-21,26-27,31-36,46-50,53,55-57,61,66-69H,17,19,22-25,28-30,37-45H2,1-16H3,(H,78,93)(H,79,92)(H,80,88)(H3,76,77,95)/t49-,50+,53+,55-,56-,57-,61?,66-,67-,68-,69+/m0/s1. The fraction of sp³-hybridized carbons (Fsp3) is 0.653. The van der Waals surface area contributed by atoms with Crippen molar-refractivity contribution >= 4 is 76.5 Å². The highest BCUT2D eigenvalue weighted by Gasteiger charge is 2.44. The predicted molar refractivity (Wildman–Crippen MR) is 378 cm³/mol. The summed E-state index contributed by atoms with van der Waals surface area (Å²) in [6.45, 7) is 23.3. The molecule has 1 fully saturated rings. The number of ketones is 3. The molecule has 2 aromatic rings. The number of ether oxygens (including phenoxy) is 3. The molecule has 4 rings (SSSR count). The van der Waals surface area contributed by atoms with Crippen LogP contribution in [0.3, 0.4) is 0 Å². The average Bonchev–Trinajstić information content (AvgIpc) is 1.75. The van der Waals surface area contributed by atoms with E-state index in [1.807, 2.05) is 92.6 Å². The van der Waals surface area contributed by atoms with Gasteiger partial charge in [-0.3, -0.25) is 52.8 Å². The second-order valence-electron chi connectivity index (χ2n) is 29.2. The number of likely N-dealkylation sites (tertiary alicyclic amines) is 1. The van der Waals surface area contributed by atoms with E-state index in [4.69, 9.17) is 19.9 Å². The first kappa shape index (κ1) is 83.6. The van der Waals surface area contributed by atoms with Crippen molar-refractivity contribution in [2.45, 2.75) is 222 Å². The number of carbonyl (C=O) groups excluding carboxylic acids is 12. The summed E-state index contributed by atoms with van der Waals surface area (Å²) in [5.41, 5.74) is 6.82. The number of urea groups is 1. The highest BCUT2D eigenvalue weighted by molar-refractivity contribution is 6.12. The maximum Gasteiger partial charge on any atom is 0.410 e. The first-order valence-electron chi connectivity index (χ1n) is 35.3. The van der Waals surface area contributed by atoms with Crippen LogP contribution in [0.5, 0.6) is 0 Å². The van der Waals surface area contributed by atoms with E-state index in [1.165, 1.54) is 38.3 Å². The summed E-state index contributed by atoms with van der Waals surface area (Å²) >= 11 is 0. The Labute approximate surface area is 587 Å². The molecule has 0 aliphatic carbocycles. The summed E-state index contributed by atoms with van der Waals surface area (Å²) < 4.78 is 18.0. The lowest BCUT2D eigenvalue weighted by molar-refractivity contribution is -0.149. The molecule has 99 heavy (non-hydrogen) atoms. The molecule has 24 nitrogen and oxygen atoms in total. The third-order valence-corrected chi connectivity index (χ3v) is 19.1. The van der Waals surface area contributed by atoms with Crippen LogP contribution in [0, 0.1) is 46.8 Å². The van der Waals surface area contributed by atoms with Gasteiger partial charge in [-0.15, -0.1) is 0 Å². The molecule has 0 radical (unpaired) electrons. The molecule has 550 valence electrons. The Kier molecular flexibility index (Phi) is 34.1. The van der Waals surface area contributed by atoms with E-state index in [0.29, 0.717) is 69.2 Å². The molecular formula is C75H115N9O15. The number of amides is 10. The number of benzene rings is 2. The van der Waals surface area contributed by atoms with Crippen molar-refractivity contribution in [1.29, 1.82) is 0 Å². The average molecular weight is 1380 g/mol. The second kappa shape index (κ2) is 40.4. The zero-order valence-corrected chi connectivity index (χ0v) is 61.7. The summed E-state index contributed by atoms with van der Waals surface area (Å²) in [6.07, 6.45) is 4.38. The van der Waals surface area contributed by atoms with Gasteiger partial charge in [-0.25, -0.2) is 9.59 Å². The van der Waals surface area contributed by atoms with Crippen molar-refractivity contribution in [3.63, 3.8) is 0 Å². The van der Waals surface area contributed by atoms with Crippen LogP contribution in [-0.2, 0) is 75.2 Å². The number of imide groups is 1.